The van der Waals surface area contributed by atoms with Gasteiger partial charge in [0.1, 0.15) is 10.3 Å². The van der Waals surface area contributed by atoms with Crippen LogP contribution in [0.1, 0.15) is 5.56 Å². The van der Waals surface area contributed by atoms with Crippen molar-refractivity contribution in [3.05, 3.63) is 46.2 Å². The Balaban J connectivity index is 2.49. The zero-order valence-corrected chi connectivity index (χ0v) is 9.55. The summed E-state index contributed by atoms with van der Waals surface area (Å²) >= 11 is 11.6. The van der Waals surface area contributed by atoms with Gasteiger partial charge in [-0.05, 0) is 6.92 Å². The average molecular weight is 239 g/mol. The zero-order chi connectivity index (χ0) is 10.8. The van der Waals surface area contributed by atoms with Gasteiger partial charge in [-0.2, -0.15) is 0 Å². The van der Waals surface area contributed by atoms with Gasteiger partial charge in [-0.3, -0.25) is 0 Å². The lowest BCUT2D eigenvalue weighted by molar-refractivity contribution is 1.17. The molecular weight excluding hydrogens is 231 g/mol. The van der Waals surface area contributed by atoms with Crippen molar-refractivity contribution in [3.63, 3.8) is 0 Å². The van der Waals surface area contributed by atoms with Crippen molar-refractivity contribution in [1.82, 2.24) is 9.97 Å². The van der Waals surface area contributed by atoms with Gasteiger partial charge in [0.05, 0.1) is 0 Å². The standard InChI is InChI=1S/C11H8Cl2N2/c1-7-2-4-8(5-3-7)11-14-9(12)6-10(13)15-11/h2-6H,1H3. The van der Waals surface area contributed by atoms with Gasteiger partial charge in [0.2, 0.25) is 0 Å². The first-order chi connectivity index (χ1) is 7.15. The Bertz CT molecular complexity index is 460. The quantitative estimate of drug-likeness (QED) is 0.708. The number of aryl methyl sites for hydroxylation is 1. The van der Waals surface area contributed by atoms with Gasteiger partial charge in [-0.25, -0.2) is 9.97 Å². The lowest BCUT2D eigenvalue weighted by Gasteiger charge is -2.01. The van der Waals surface area contributed by atoms with E-state index in [1.54, 1.807) is 0 Å². The molecule has 15 heavy (non-hydrogen) atoms. The van der Waals surface area contributed by atoms with E-state index in [1.165, 1.54) is 11.6 Å². The second kappa shape index (κ2) is 4.17. The summed E-state index contributed by atoms with van der Waals surface area (Å²) in [6.45, 7) is 2.02. The highest BCUT2D eigenvalue weighted by atomic mass is 35.5. The second-order valence-electron chi connectivity index (χ2n) is 3.20. The molecule has 1 aromatic carbocycles. The molecule has 2 aromatic rings. The van der Waals surface area contributed by atoms with Crippen LogP contribution in [0.4, 0.5) is 0 Å². The third kappa shape index (κ3) is 2.46. The van der Waals surface area contributed by atoms with E-state index in [-0.39, 0.29) is 0 Å². The van der Waals surface area contributed by atoms with Crippen molar-refractivity contribution in [2.24, 2.45) is 0 Å². The van der Waals surface area contributed by atoms with Gasteiger partial charge < -0.3 is 0 Å². The molecule has 76 valence electrons. The summed E-state index contributed by atoms with van der Waals surface area (Å²) in [7, 11) is 0. The molecule has 0 spiro atoms. The van der Waals surface area contributed by atoms with E-state index in [0.29, 0.717) is 16.1 Å². The molecule has 0 aliphatic rings. The molecular formula is C11H8Cl2N2. The summed E-state index contributed by atoms with van der Waals surface area (Å²) in [5, 5.41) is 0.705. The van der Waals surface area contributed by atoms with Crippen molar-refractivity contribution in [2.45, 2.75) is 6.92 Å². The molecule has 1 heterocycles. The van der Waals surface area contributed by atoms with Crippen molar-refractivity contribution in [1.29, 1.82) is 0 Å². The maximum absolute atomic E-state index is 5.80. The molecule has 0 aliphatic heterocycles. The fourth-order valence-electron chi connectivity index (χ4n) is 1.22. The number of nitrogens with zero attached hydrogens (tertiary/aromatic N) is 2. The first kappa shape index (κ1) is 10.4. The Morgan fingerprint density at radius 3 is 2.00 bits per heavy atom. The van der Waals surface area contributed by atoms with Crippen LogP contribution in [-0.2, 0) is 0 Å². The van der Waals surface area contributed by atoms with E-state index in [1.807, 2.05) is 31.2 Å². The molecule has 0 saturated heterocycles. The molecule has 0 aliphatic carbocycles. The zero-order valence-electron chi connectivity index (χ0n) is 8.04. The van der Waals surface area contributed by atoms with Crippen LogP contribution >= 0.6 is 23.2 Å². The predicted molar refractivity (Wildman–Crippen MR) is 62.2 cm³/mol. The molecule has 0 N–H and O–H groups in total. The van der Waals surface area contributed by atoms with Crippen molar-refractivity contribution in [2.75, 3.05) is 0 Å². The molecule has 0 radical (unpaired) electrons. The van der Waals surface area contributed by atoms with Gasteiger partial charge in [0.15, 0.2) is 5.82 Å². The summed E-state index contributed by atoms with van der Waals surface area (Å²) in [5.41, 5.74) is 2.09. The van der Waals surface area contributed by atoms with Crippen LogP contribution < -0.4 is 0 Å². The summed E-state index contributed by atoms with van der Waals surface area (Å²) in [6, 6.07) is 9.39. The first-order valence-corrected chi connectivity index (χ1v) is 5.18. The Kier molecular flexibility index (Phi) is 2.89. The normalized spacial score (nSPS) is 10.3. The van der Waals surface area contributed by atoms with E-state index in [4.69, 9.17) is 23.2 Å². The lowest BCUT2D eigenvalue weighted by atomic mass is 10.1. The highest BCUT2D eigenvalue weighted by Gasteiger charge is 2.03. The number of aromatic nitrogens is 2. The maximum Gasteiger partial charge on any atom is 0.162 e. The molecule has 4 heteroatoms. The average Bonchev–Trinajstić information content (AvgIpc) is 2.17. The highest BCUT2D eigenvalue weighted by molar-refractivity contribution is 6.33. The molecule has 0 saturated carbocycles. The van der Waals surface area contributed by atoms with E-state index in [2.05, 4.69) is 9.97 Å². The number of halogens is 2. The molecule has 2 nitrogen and oxygen atoms in total. The van der Waals surface area contributed by atoms with Gasteiger partial charge in [-0.15, -0.1) is 0 Å². The summed E-state index contributed by atoms with van der Waals surface area (Å²) in [4.78, 5) is 8.21. The molecule has 0 fully saturated rings. The molecule has 2 rings (SSSR count). The van der Waals surface area contributed by atoms with Gasteiger partial charge in [0.25, 0.3) is 0 Å². The molecule has 0 bridgehead atoms. The smallest absolute Gasteiger partial charge is 0.162 e. The summed E-state index contributed by atoms with van der Waals surface area (Å²) in [6.07, 6.45) is 0. The molecule has 0 atom stereocenters. The van der Waals surface area contributed by atoms with Crippen LogP contribution in [0.25, 0.3) is 11.4 Å². The molecule has 0 unspecified atom stereocenters. The predicted octanol–water partition coefficient (Wildman–Crippen LogP) is 3.76. The van der Waals surface area contributed by atoms with Crippen LogP contribution in [-0.4, -0.2) is 9.97 Å². The minimum absolute atomic E-state index is 0.352. The fraction of sp³-hybridized carbons (Fsp3) is 0.0909. The highest BCUT2D eigenvalue weighted by Crippen LogP contribution is 2.20. The summed E-state index contributed by atoms with van der Waals surface area (Å²) < 4.78 is 0. The summed E-state index contributed by atoms with van der Waals surface area (Å²) in [5.74, 6) is 0.549. The third-order valence-electron chi connectivity index (χ3n) is 1.97. The van der Waals surface area contributed by atoms with Crippen LogP contribution in [0.5, 0.6) is 0 Å². The Morgan fingerprint density at radius 2 is 1.47 bits per heavy atom. The van der Waals surface area contributed by atoms with Crippen LogP contribution in [0, 0.1) is 6.92 Å². The SMILES string of the molecule is Cc1ccc(-c2nc(Cl)cc(Cl)n2)cc1. The minimum Gasteiger partial charge on any atom is -0.216 e. The van der Waals surface area contributed by atoms with Crippen LogP contribution in [0.3, 0.4) is 0 Å². The second-order valence-corrected chi connectivity index (χ2v) is 3.98. The Labute approximate surface area is 97.9 Å². The number of hydrogen-bond acceptors (Lipinski definition) is 2. The van der Waals surface area contributed by atoms with Crippen LogP contribution in [0.15, 0.2) is 30.3 Å². The van der Waals surface area contributed by atoms with Gasteiger partial charge in [-0.1, -0.05) is 53.0 Å². The third-order valence-corrected chi connectivity index (χ3v) is 2.36. The van der Waals surface area contributed by atoms with E-state index in [0.717, 1.165) is 5.56 Å². The Hall–Kier alpha value is -1.12. The number of hydrogen-bond donors (Lipinski definition) is 0. The molecule has 1 aromatic heterocycles. The maximum atomic E-state index is 5.80. The van der Waals surface area contributed by atoms with Crippen molar-refractivity contribution in [3.8, 4) is 11.4 Å². The van der Waals surface area contributed by atoms with E-state index >= 15 is 0 Å². The monoisotopic (exact) mass is 238 g/mol. The minimum atomic E-state index is 0.352. The number of benzene rings is 1. The Morgan fingerprint density at radius 1 is 0.933 bits per heavy atom. The van der Waals surface area contributed by atoms with E-state index in [9.17, 15) is 0 Å². The largest absolute Gasteiger partial charge is 0.216 e. The first-order valence-electron chi connectivity index (χ1n) is 4.42. The van der Waals surface area contributed by atoms with Crippen molar-refractivity contribution >= 4 is 23.2 Å². The van der Waals surface area contributed by atoms with Crippen LogP contribution in [0.2, 0.25) is 10.3 Å². The van der Waals surface area contributed by atoms with Crippen molar-refractivity contribution < 1.29 is 0 Å². The number of rotatable bonds is 1. The van der Waals surface area contributed by atoms with Gasteiger partial charge >= 0.3 is 0 Å². The fourth-order valence-corrected chi connectivity index (χ4v) is 1.64. The molecule has 0 amide bonds. The van der Waals surface area contributed by atoms with E-state index < -0.39 is 0 Å². The topological polar surface area (TPSA) is 25.8 Å². The lowest BCUT2D eigenvalue weighted by Crippen LogP contribution is -1.89. The van der Waals surface area contributed by atoms with Gasteiger partial charge in [0, 0.05) is 11.6 Å².